The lowest BCUT2D eigenvalue weighted by Crippen LogP contribution is -2.39. The Morgan fingerprint density at radius 1 is 1.42 bits per heavy atom. The van der Waals surface area contributed by atoms with E-state index in [0.29, 0.717) is 6.54 Å². The summed E-state index contributed by atoms with van der Waals surface area (Å²) in [5.41, 5.74) is 2.06. The molecule has 9 nitrogen and oxygen atoms in total. The van der Waals surface area contributed by atoms with Crippen molar-refractivity contribution in [2.24, 2.45) is 7.05 Å². The van der Waals surface area contributed by atoms with Crippen molar-refractivity contribution in [1.82, 2.24) is 29.6 Å². The molecule has 0 aliphatic carbocycles. The van der Waals surface area contributed by atoms with Crippen molar-refractivity contribution in [2.75, 3.05) is 18.0 Å². The molecule has 4 rings (SSSR count). The van der Waals surface area contributed by atoms with Gasteiger partial charge in [0.05, 0.1) is 11.0 Å². The molecule has 1 aliphatic heterocycles. The number of carbonyl (C=O) groups is 1. The number of nitrogens with zero attached hydrogens (tertiary/aromatic N) is 7. The average Bonchev–Trinajstić information content (AvgIpc) is 3.35. The predicted molar refractivity (Wildman–Crippen MR) is 94.2 cm³/mol. The average molecular weight is 350 g/mol. The van der Waals surface area contributed by atoms with Crippen molar-refractivity contribution < 1.29 is 4.79 Å². The summed E-state index contributed by atoms with van der Waals surface area (Å²) in [5, 5.41) is 15.6. The number of benzene rings is 1. The molecule has 0 spiro atoms. The molecule has 1 N–H and O–H groups in total. The number of rotatable bonds is 4. The maximum Gasteiger partial charge on any atom is 0.252 e. The number of nitrogens with one attached hydrogen (secondary N) is 1. The van der Waals surface area contributed by atoms with E-state index in [1.54, 1.807) is 0 Å². The zero-order valence-corrected chi connectivity index (χ0v) is 14.3. The lowest BCUT2D eigenvalue weighted by molar-refractivity contribution is -0.122. The Bertz CT molecular complexity index is 998. The summed E-state index contributed by atoms with van der Waals surface area (Å²) >= 11 is 0. The topological polar surface area (TPSA) is 105 Å². The van der Waals surface area contributed by atoms with Crippen molar-refractivity contribution in [3.05, 3.63) is 36.4 Å². The van der Waals surface area contributed by atoms with Gasteiger partial charge in [0.25, 0.3) is 5.82 Å². The first-order chi connectivity index (χ1) is 12.6. The zero-order valence-electron chi connectivity index (χ0n) is 14.3. The lowest BCUT2D eigenvalue weighted by Gasteiger charge is -2.18. The Labute approximate surface area is 149 Å². The molecule has 2 aromatic heterocycles. The van der Waals surface area contributed by atoms with Crippen LogP contribution < -0.4 is 10.2 Å². The number of fused-ring (bicyclic) bond motifs is 1. The van der Waals surface area contributed by atoms with Gasteiger partial charge in [-0.25, -0.2) is 14.6 Å². The molecule has 1 saturated heterocycles. The highest BCUT2D eigenvalue weighted by Crippen LogP contribution is 2.24. The van der Waals surface area contributed by atoms with E-state index in [4.69, 9.17) is 10.2 Å². The van der Waals surface area contributed by atoms with Gasteiger partial charge >= 0.3 is 0 Å². The van der Waals surface area contributed by atoms with E-state index in [2.05, 4.69) is 30.9 Å². The maximum atomic E-state index is 12.2. The molecule has 0 radical (unpaired) electrons. The van der Waals surface area contributed by atoms with E-state index in [9.17, 15) is 4.79 Å². The number of carbonyl (C=O) groups excluding carboxylic acids is 1. The lowest BCUT2D eigenvalue weighted by atomic mass is 10.2. The molecule has 1 fully saturated rings. The van der Waals surface area contributed by atoms with Crippen LogP contribution in [0.25, 0.3) is 11.0 Å². The number of imidazole rings is 1. The monoisotopic (exact) mass is 350 g/mol. The van der Waals surface area contributed by atoms with Crippen LogP contribution in [0.15, 0.2) is 30.6 Å². The van der Waals surface area contributed by atoms with Gasteiger partial charge in [0, 0.05) is 26.2 Å². The summed E-state index contributed by atoms with van der Waals surface area (Å²) < 4.78 is 3.45. The number of aryl methyl sites for hydroxylation is 1. The van der Waals surface area contributed by atoms with E-state index in [1.165, 1.54) is 11.0 Å². The third kappa shape index (κ3) is 2.97. The fourth-order valence-corrected chi connectivity index (χ4v) is 3.32. The Balaban J connectivity index is 1.39. The Hall–Kier alpha value is -3.41. The first-order valence-corrected chi connectivity index (χ1v) is 8.39. The summed E-state index contributed by atoms with van der Waals surface area (Å²) in [6.07, 6.45) is 2.24. The number of anilines is 1. The molecule has 132 valence electrons. The third-order valence-corrected chi connectivity index (χ3v) is 4.54. The van der Waals surface area contributed by atoms with Crippen molar-refractivity contribution in [2.45, 2.75) is 19.0 Å². The quantitative estimate of drug-likeness (QED) is 0.732. The van der Waals surface area contributed by atoms with Crippen LogP contribution in [-0.4, -0.2) is 49.4 Å². The molecule has 0 unspecified atom stereocenters. The summed E-state index contributed by atoms with van der Waals surface area (Å²) in [6, 6.07) is 9.93. The second-order valence-electron chi connectivity index (χ2n) is 6.34. The minimum atomic E-state index is -0.142. The number of hydrogen-bond donors (Lipinski definition) is 1. The zero-order chi connectivity index (χ0) is 18.1. The van der Waals surface area contributed by atoms with Gasteiger partial charge in [0.2, 0.25) is 11.9 Å². The van der Waals surface area contributed by atoms with E-state index < -0.39 is 0 Å². The number of nitriles is 1. The van der Waals surface area contributed by atoms with Crippen LogP contribution in [0.1, 0.15) is 12.2 Å². The summed E-state index contributed by atoms with van der Waals surface area (Å²) in [7, 11) is 2.01. The molecule has 0 saturated carbocycles. The Morgan fingerprint density at radius 3 is 3.04 bits per heavy atom. The summed E-state index contributed by atoms with van der Waals surface area (Å²) in [5.74, 6) is 0.834. The fourth-order valence-electron chi connectivity index (χ4n) is 3.32. The smallest absolute Gasteiger partial charge is 0.252 e. The normalized spacial score (nSPS) is 16.8. The van der Waals surface area contributed by atoms with E-state index in [0.717, 1.165) is 29.9 Å². The summed E-state index contributed by atoms with van der Waals surface area (Å²) in [6.45, 7) is 1.60. The van der Waals surface area contributed by atoms with Gasteiger partial charge in [-0.3, -0.25) is 4.79 Å². The first-order valence-electron chi connectivity index (χ1n) is 8.39. The van der Waals surface area contributed by atoms with Crippen molar-refractivity contribution in [3.8, 4) is 6.07 Å². The number of amides is 1. The molecule has 1 aliphatic rings. The van der Waals surface area contributed by atoms with Crippen LogP contribution in [0.3, 0.4) is 0 Å². The van der Waals surface area contributed by atoms with Gasteiger partial charge < -0.3 is 14.8 Å². The van der Waals surface area contributed by atoms with Crippen molar-refractivity contribution >= 4 is 22.9 Å². The number of hydrogen-bond acceptors (Lipinski definition) is 6. The van der Waals surface area contributed by atoms with Gasteiger partial charge in [0.1, 0.15) is 18.9 Å². The van der Waals surface area contributed by atoms with Crippen LogP contribution in [-0.2, 0) is 18.4 Å². The van der Waals surface area contributed by atoms with E-state index in [-0.39, 0.29) is 24.3 Å². The van der Waals surface area contributed by atoms with Gasteiger partial charge in [-0.15, -0.1) is 5.10 Å². The molecular formula is C17H18N8O. The highest BCUT2D eigenvalue weighted by atomic mass is 16.2. The second-order valence-corrected chi connectivity index (χ2v) is 6.34. The van der Waals surface area contributed by atoms with Crippen molar-refractivity contribution in [1.29, 1.82) is 5.26 Å². The number of para-hydroxylation sites is 2. The molecule has 1 amide bonds. The largest absolute Gasteiger partial charge is 0.350 e. The minimum Gasteiger partial charge on any atom is -0.350 e. The van der Waals surface area contributed by atoms with Gasteiger partial charge in [-0.1, -0.05) is 12.1 Å². The molecule has 3 aromatic rings. The van der Waals surface area contributed by atoms with Crippen LogP contribution in [0.4, 0.5) is 5.95 Å². The fraction of sp³-hybridized carbons (Fsp3) is 0.353. The van der Waals surface area contributed by atoms with Gasteiger partial charge in [-0.05, 0) is 18.6 Å². The Kier molecular flexibility index (Phi) is 4.01. The van der Waals surface area contributed by atoms with E-state index >= 15 is 0 Å². The van der Waals surface area contributed by atoms with Crippen LogP contribution in [0.5, 0.6) is 0 Å². The number of aromatic nitrogens is 5. The minimum absolute atomic E-state index is 0.0530. The molecule has 1 atom stereocenters. The molecule has 1 aromatic carbocycles. The van der Waals surface area contributed by atoms with Gasteiger partial charge in [-0.2, -0.15) is 5.26 Å². The van der Waals surface area contributed by atoms with Crippen LogP contribution in [0, 0.1) is 11.3 Å². The predicted octanol–water partition coefficient (Wildman–Crippen LogP) is 0.432. The highest BCUT2D eigenvalue weighted by molar-refractivity contribution is 5.79. The molecule has 0 bridgehead atoms. The van der Waals surface area contributed by atoms with Crippen molar-refractivity contribution in [3.63, 3.8) is 0 Å². The SMILES string of the molecule is Cn1c(N2CC[C@H](NC(=O)Cn3cnc(C#N)n3)C2)nc2ccccc21. The third-order valence-electron chi connectivity index (χ3n) is 4.54. The maximum absolute atomic E-state index is 12.2. The Morgan fingerprint density at radius 2 is 2.27 bits per heavy atom. The first kappa shape index (κ1) is 16.1. The highest BCUT2D eigenvalue weighted by Gasteiger charge is 2.27. The van der Waals surface area contributed by atoms with Crippen LogP contribution in [0.2, 0.25) is 0 Å². The molecule has 9 heteroatoms. The summed E-state index contributed by atoms with van der Waals surface area (Å²) in [4.78, 5) is 22.9. The molecule has 26 heavy (non-hydrogen) atoms. The van der Waals surface area contributed by atoms with E-state index in [1.807, 2.05) is 31.3 Å². The van der Waals surface area contributed by atoms with Crippen LogP contribution >= 0.6 is 0 Å². The molecular weight excluding hydrogens is 332 g/mol. The second kappa shape index (κ2) is 6.48. The molecule has 3 heterocycles. The van der Waals surface area contributed by atoms with Gasteiger partial charge in [0.15, 0.2) is 0 Å². The standard InChI is InChI=1S/C17H18N8O/c1-23-14-5-3-2-4-13(14)21-17(23)24-7-6-12(9-24)20-16(26)10-25-11-19-15(8-18)22-25/h2-5,11-12H,6-7,9-10H2,1H3,(H,20,26)/t12-/m0/s1.